The summed E-state index contributed by atoms with van der Waals surface area (Å²) in [5, 5.41) is 14.5. The standard InChI is InChI=1S/C24H32N2OS2/c1-25-10-5-17(6-11-25)18-3-4-21-19(15-18)16-29-23-22(9-14-28-23)24(21,27)20-7-12-26(2)13-8-20/h3-4,9,14-15,17,20,27H,5-8,10-13,16H2,1-2H3. The molecule has 1 aromatic heterocycles. The number of piperidine rings is 2. The minimum Gasteiger partial charge on any atom is -0.380 e. The molecule has 3 aliphatic heterocycles. The fourth-order valence-electron chi connectivity index (χ4n) is 5.55. The van der Waals surface area contributed by atoms with Gasteiger partial charge >= 0.3 is 0 Å². The predicted molar refractivity (Wildman–Crippen MR) is 123 cm³/mol. The smallest absolute Gasteiger partial charge is 0.120 e. The summed E-state index contributed by atoms with van der Waals surface area (Å²) < 4.78 is 1.31. The Balaban J connectivity index is 1.54. The van der Waals surface area contributed by atoms with E-state index in [2.05, 4.69) is 53.5 Å². The van der Waals surface area contributed by atoms with Crippen LogP contribution in [0.3, 0.4) is 0 Å². The van der Waals surface area contributed by atoms with Crippen molar-refractivity contribution < 1.29 is 5.11 Å². The topological polar surface area (TPSA) is 26.7 Å². The van der Waals surface area contributed by atoms with Gasteiger partial charge in [0.1, 0.15) is 5.60 Å². The van der Waals surface area contributed by atoms with Crippen molar-refractivity contribution in [3.63, 3.8) is 0 Å². The van der Waals surface area contributed by atoms with Crippen LogP contribution in [0.4, 0.5) is 0 Å². The molecule has 3 nitrogen and oxygen atoms in total. The lowest BCUT2D eigenvalue weighted by Gasteiger charge is -2.41. The maximum Gasteiger partial charge on any atom is 0.120 e. The quantitative estimate of drug-likeness (QED) is 0.747. The molecule has 2 fully saturated rings. The van der Waals surface area contributed by atoms with E-state index in [0.717, 1.165) is 37.2 Å². The minimum absolute atomic E-state index is 0.290. The number of hydrogen-bond acceptors (Lipinski definition) is 5. The molecular weight excluding hydrogens is 396 g/mol. The highest BCUT2D eigenvalue weighted by atomic mass is 32.2. The molecule has 156 valence electrons. The molecule has 2 saturated heterocycles. The fraction of sp³-hybridized carbons (Fsp3) is 0.583. The van der Waals surface area contributed by atoms with Gasteiger partial charge in [0.25, 0.3) is 0 Å². The lowest BCUT2D eigenvalue weighted by atomic mass is 9.71. The minimum atomic E-state index is -0.846. The highest BCUT2D eigenvalue weighted by Crippen LogP contribution is 2.51. The zero-order chi connectivity index (χ0) is 20.0. The van der Waals surface area contributed by atoms with Gasteiger partial charge in [-0.1, -0.05) is 18.2 Å². The number of thiophene rings is 1. The molecule has 3 aliphatic rings. The van der Waals surface area contributed by atoms with Crippen LogP contribution in [0.1, 0.15) is 53.9 Å². The summed E-state index contributed by atoms with van der Waals surface area (Å²) in [6, 6.07) is 9.24. The number of rotatable bonds is 2. The van der Waals surface area contributed by atoms with E-state index in [-0.39, 0.29) is 0 Å². The summed E-state index contributed by atoms with van der Waals surface area (Å²) >= 11 is 3.72. The Morgan fingerprint density at radius 1 is 0.931 bits per heavy atom. The molecule has 29 heavy (non-hydrogen) atoms. The van der Waals surface area contributed by atoms with Gasteiger partial charge in [-0.15, -0.1) is 23.1 Å². The average molecular weight is 429 g/mol. The van der Waals surface area contributed by atoms with Crippen molar-refractivity contribution >= 4 is 23.1 Å². The molecule has 0 spiro atoms. The molecule has 1 aromatic carbocycles. The Morgan fingerprint density at radius 3 is 2.34 bits per heavy atom. The summed E-state index contributed by atoms with van der Waals surface area (Å²) in [5.74, 6) is 1.92. The van der Waals surface area contributed by atoms with Crippen molar-refractivity contribution in [2.24, 2.45) is 5.92 Å². The van der Waals surface area contributed by atoms with Crippen molar-refractivity contribution in [3.05, 3.63) is 51.9 Å². The lowest BCUT2D eigenvalue weighted by Crippen LogP contribution is -2.43. The maximum absolute atomic E-state index is 12.4. The van der Waals surface area contributed by atoms with E-state index >= 15 is 0 Å². The Morgan fingerprint density at radius 2 is 1.62 bits per heavy atom. The van der Waals surface area contributed by atoms with Crippen molar-refractivity contribution in [1.82, 2.24) is 9.80 Å². The molecule has 4 heterocycles. The van der Waals surface area contributed by atoms with Gasteiger partial charge in [0.15, 0.2) is 0 Å². The average Bonchev–Trinajstić information content (AvgIpc) is 3.18. The molecule has 0 radical (unpaired) electrons. The molecule has 2 aromatic rings. The number of thioether (sulfide) groups is 1. The third-order valence-electron chi connectivity index (χ3n) is 7.44. The Kier molecular flexibility index (Phi) is 5.54. The molecule has 0 bridgehead atoms. The van der Waals surface area contributed by atoms with Gasteiger partial charge in [-0.05, 0) is 106 Å². The van der Waals surface area contributed by atoms with Crippen LogP contribution in [-0.4, -0.2) is 55.2 Å². The van der Waals surface area contributed by atoms with E-state index < -0.39 is 5.60 Å². The van der Waals surface area contributed by atoms with Gasteiger partial charge in [0.2, 0.25) is 0 Å². The first-order valence-electron chi connectivity index (χ1n) is 11.0. The summed E-state index contributed by atoms with van der Waals surface area (Å²) in [4.78, 5) is 4.83. The van der Waals surface area contributed by atoms with Crippen LogP contribution in [0.5, 0.6) is 0 Å². The van der Waals surface area contributed by atoms with Crippen LogP contribution in [0, 0.1) is 5.92 Å². The van der Waals surface area contributed by atoms with Crippen LogP contribution in [0.25, 0.3) is 0 Å². The van der Waals surface area contributed by atoms with Crippen molar-refractivity contribution in [3.8, 4) is 0 Å². The van der Waals surface area contributed by atoms with Gasteiger partial charge in [0.05, 0.1) is 4.21 Å². The van der Waals surface area contributed by atoms with Gasteiger partial charge in [-0.2, -0.15) is 0 Å². The highest BCUT2D eigenvalue weighted by Gasteiger charge is 2.45. The molecule has 5 heteroatoms. The molecular formula is C24H32N2OS2. The summed E-state index contributed by atoms with van der Waals surface area (Å²) in [7, 11) is 4.42. The first-order valence-corrected chi connectivity index (χ1v) is 12.9. The molecule has 5 rings (SSSR count). The maximum atomic E-state index is 12.4. The Labute approximate surface area is 183 Å². The molecule has 1 atom stereocenters. The van der Waals surface area contributed by atoms with E-state index in [4.69, 9.17) is 0 Å². The van der Waals surface area contributed by atoms with Crippen LogP contribution in [0.2, 0.25) is 0 Å². The van der Waals surface area contributed by atoms with E-state index in [1.807, 2.05) is 11.8 Å². The summed E-state index contributed by atoms with van der Waals surface area (Å²) in [6.07, 6.45) is 4.61. The number of likely N-dealkylation sites (tertiary alicyclic amines) is 2. The summed E-state index contributed by atoms with van der Waals surface area (Å²) in [5.41, 5.74) is 4.33. The molecule has 0 aliphatic carbocycles. The van der Waals surface area contributed by atoms with Gasteiger partial charge < -0.3 is 14.9 Å². The zero-order valence-electron chi connectivity index (χ0n) is 17.6. The van der Waals surface area contributed by atoms with Crippen LogP contribution in [0.15, 0.2) is 33.9 Å². The lowest BCUT2D eigenvalue weighted by molar-refractivity contribution is -0.0126. The molecule has 1 unspecified atom stereocenters. The Hall–Kier alpha value is -0.850. The third-order valence-corrected chi connectivity index (χ3v) is 9.72. The molecule has 0 saturated carbocycles. The van der Waals surface area contributed by atoms with E-state index in [1.165, 1.54) is 46.8 Å². The largest absolute Gasteiger partial charge is 0.380 e. The second-order valence-electron chi connectivity index (χ2n) is 9.25. The number of hydrogen-bond donors (Lipinski definition) is 1. The second-order valence-corrected chi connectivity index (χ2v) is 11.4. The highest BCUT2D eigenvalue weighted by molar-refractivity contribution is 8.00. The van der Waals surface area contributed by atoms with E-state index in [9.17, 15) is 5.11 Å². The SMILES string of the molecule is CN1CCC(c2ccc3c(c2)CSc2sccc2C3(O)C2CCN(C)CC2)CC1. The van der Waals surface area contributed by atoms with Crippen molar-refractivity contribution in [2.45, 2.75) is 47.2 Å². The van der Waals surface area contributed by atoms with Crippen LogP contribution >= 0.6 is 23.1 Å². The van der Waals surface area contributed by atoms with Crippen LogP contribution in [-0.2, 0) is 11.4 Å². The Bertz CT molecular complexity index is 866. The fourth-order valence-corrected chi connectivity index (χ4v) is 7.74. The first kappa shape index (κ1) is 20.1. The molecule has 0 amide bonds. The van der Waals surface area contributed by atoms with Gasteiger partial charge in [-0.25, -0.2) is 0 Å². The van der Waals surface area contributed by atoms with Crippen LogP contribution < -0.4 is 0 Å². The van der Waals surface area contributed by atoms with Crippen molar-refractivity contribution in [2.75, 3.05) is 40.3 Å². The normalized spacial score (nSPS) is 27.4. The predicted octanol–water partition coefficient (Wildman–Crippen LogP) is 4.74. The molecule has 1 N–H and O–H groups in total. The van der Waals surface area contributed by atoms with Crippen molar-refractivity contribution in [1.29, 1.82) is 0 Å². The van der Waals surface area contributed by atoms with E-state index in [1.54, 1.807) is 11.3 Å². The van der Waals surface area contributed by atoms with Gasteiger partial charge in [-0.3, -0.25) is 0 Å². The summed E-state index contributed by atoms with van der Waals surface area (Å²) in [6.45, 7) is 4.52. The van der Waals surface area contributed by atoms with Gasteiger partial charge in [0, 0.05) is 11.3 Å². The zero-order valence-corrected chi connectivity index (χ0v) is 19.2. The number of aliphatic hydroxyl groups is 1. The second kappa shape index (κ2) is 8.01. The first-order chi connectivity index (χ1) is 14.1. The number of fused-ring (bicyclic) bond motifs is 2. The number of benzene rings is 1. The number of nitrogens with zero attached hydrogens (tertiary/aromatic N) is 2. The monoisotopic (exact) mass is 428 g/mol. The van der Waals surface area contributed by atoms with E-state index in [0.29, 0.717) is 11.8 Å². The third kappa shape index (κ3) is 3.59.